The first kappa shape index (κ1) is 17.3. The van der Waals surface area contributed by atoms with E-state index in [1.54, 1.807) is 11.3 Å². The molecule has 1 aromatic heterocycles. The molecule has 2 aliphatic heterocycles. The quantitative estimate of drug-likeness (QED) is 0.554. The number of fused-ring (bicyclic) bond motifs is 3. The van der Waals surface area contributed by atoms with Gasteiger partial charge in [-0.1, -0.05) is 31.2 Å². The molecule has 142 valence electrons. The smallest absolute Gasteiger partial charge is 0.213 e. The van der Waals surface area contributed by atoms with Crippen LogP contribution in [-0.2, 0) is 0 Å². The summed E-state index contributed by atoms with van der Waals surface area (Å²) < 4.78 is 12.1. The number of ether oxygens (including phenoxy) is 2. The van der Waals surface area contributed by atoms with Crippen LogP contribution in [0.3, 0.4) is 0 Å². The number of para-hydroxylation sites is 1. The molecule has 2 aliphatic rings. The Morgan fingerprint density at radius 3 is 2.75 bits per heavy atom. The van der Waals surface area contributed by atoms with Gasteiger partial charge in [-0.2, -0.15) is 5.10 Å². The van der Waals surface area contributed by atoms with Gasteiger partial charge in [0, 0.05) is 17.5 Å². The van der Waals surface area contributed by atoms with Gasteiger partial charge in [-0.05, 0) is 48.2 Å². The molecular formula is C23H22N2O2S. The first-order valence-electron chi connectivity index (χ1n) is 9.71. The SMILES string of the molecule is CCCOc1ccc(C2Oc3ccccc3C3CC(c4cccs4)=NN32)cc1. The third kappa shape index (κ3) is 3.06. The lowest BCUT2D eigenvalue weighted by Gasteiger charge is -2.38. The lowest BCUT2D eigenvalue weighted by atomic mass is 9.98. The third-order valence-electron chi connectivity index (χ3n) is 5.14. The molecule has 0 spiro atoms. The van der Waals surface area contributed by atoms with E-state index in [1.165, 1.54) is 10.4 Å². The Hall–Kier alpha value is -2.79. The van der Waals surface area contributed by atoms with E-state index in [0.717, 1.165) is 42.2 Å². The number of hydrogen-bond acceptors (Lipinski definition) is 5. The molecule has 0 N–H and O–H groups in total. The van der Waals surface area contributed by atoms with E-state index in [1.807, 2.05) is 18.2 Å². The van der Waals surface area contributed by atoms with Gasteiger partial charge in [-0.3, -0.25) is 0 Å². The monoisotopic (exact) mass is 390 g/mol. The summed E-state index contributed by atoms with van der Waals surface area (Å²) in [5, 5.41) is 9.21. The van der Waals surface area contributed by atoms with Crippen LogP contribution in [0.15, 0.2) is 71.1 Å². The summed E-state index contributed by atoms with van der Waals surface area (Å²) in [5.41, 5.74) is 3.42. The third-order valence-corrected chi connectivity index (χ3v) is 6.06. The molecule has 0 saturated carbocycles. The number of benzene rings is 2. The normalized spacial score (nSPS) is 20.2. The number of hydrazone groups is 1. The van der Waals surface area contributed by atoms with Crippen molar-refractivity contribution in [2.24, 2.45) is 5.10 Å². The Kier molecular flexibility index (Phi) is 4.53. The summed E-state index contributed by atoms with van der Waals surface area (Å²) in [6.07, 6.45) is 1.66. The van der Waals surface area contributed by atoms with Gasteiger partial charge in [0.25, 0.3) is 0 Å². The first-order chi connectivity index (χ1) is 13.8. The second kappa shape index (κ2) is 7.32. The van der Waals surface area contributed by atoms with Crippen LogP contribution in [0.5, 0.6) is 11.5 Å². The predicted molar refractivity (Wildman–Crippen MR) is 112 cm³/mol. The Morgan fingerprint density at radius 1 is 1.11 bits per heavy atom. The van der Waals surface area contributed by atoms with E-state index in [9.17, 15) is 0 Å². The van der Waals surface area contributed by atoms with E-state index in [2.05, 4.69) is 59.8 Å². The maximum atomic E-state index is 6.40. The van der Waals surface area contributed by atoms with Crippen LogP contribution in [0, 0.1) is 0 Å². The van der Waals surface area contributed by atoms with Crippen LogP contribution in [0.4, 0.5) is 0 Å². The minimum Gasteiger partial charge on any atom is -0.494 e. The molecule has 3 heterocycles. The number of nitrogens with zero attached hydrogens (tertiary/aromatic N) is 2. The van der Waals surface area contributed by atoms with E-state index < -0.39 is 0 Å². The molecule has 0 saturated heterocycles. The van der Waals surface area contributed by atoms with Crippen molar-refractivity contribution in [1.29, 1.82) is 0 Å². The summed E-state index contributed by atoms with van der Waals surface area (Å²) in [6, 6.07) is 20.9. The standard InChI is InChI=1S/C23H22N2O2S/c1-2-13-26-17-11-9-16(10-12-17)23-25-20(18-6-3-4-7-21(18)27-23)15-19(24-25)22-8-5-14-28-22/h3-12,14,20,23H,2,13,15H2,1H3. The fraction of sp³-hybridized carbons (Fsp3) is 0.261. The Labute approximate surface area is 169 Å². The fourth-order valence-corrected chi connectivity index (χ4v) is 4.52. The van der Waals surface area contributed by atoms with Crippen molar-refractivity contribution in [2.45, 2.75) is 32.0 Å². The molecule has 3 aromatic rings. The number of hydrogen-bond donors (Lipinski definition) is 0. The molecule has 2 unspecified atom stereocenters. The van der Waals surface area contributed by atoms with Crippen LogP contribution in [0.2, 0.25) is 0 Å². The Balaban J connectivity index is 1.50. The highest BCUT2D eigenvalue weighted by molar-refractivity contribution is 7.12. The van der Waals surface area contributed by atoms with E-state index in [-0.39, 0.29) is 12.3 Å². The molecule has 4 nitrogen and oxygen atoms in total. The average molecular weight is 391 g/mol. The molecule has 2 atom stereocenters. The highest BCUT2D eigenvalue weighted by Crippen LogP contribution is 2.47. The zero-order valence-corrected chi connectivity index (χ0v) is 16.6. The van der Waals surface area contributed by atoms with Crippen LogP contribution in [0.25, 0.3) is 0 Å². The van der Waals surface area contributed by atoms with Gasteiger partial charge in [0.1, 0.15) is 11.5 Å². The minimum atomic E-state index is -0.238. The van der Waals surface area contributed by atoms with E-state index in [4.69, 9.17) is 14.6 Å². The largest absolute Gasteiger partial charge is 0.494 e. The molecule has 0 fully saturated rings. The van der Waals surface area contributed by atoms with Gasteiger partial charge < -0.3 is 9.47 Å². The van der Waals surface area contributed by atoms with Gasteiger partial charge in [0.05, 0.1) is 23.2 Å². The molecule has 2 aromatic carbocycles. The molecule has 0 aliphatic carbocycles. The highest BCUT2D eigenvalue weighted by Gasteiger charge is 2.40. The van der Waals surface area contributed by atoms with Crippen molar-refractivity contribution in [3.05, 3.63) is 82.0 Å². The molecule has 0 amide bonds. The van der Waals surface area contributed by atoms with E-state index >= 15 is 0 Å². The lowest BCUT2D eigenvalue weighted by Crippen LogP contribution is -2.33. The zero-order valence-electron chi connectivity index (χ0n) is 15.7. The van der Waals surface area contributed by atoms with Crippen molar-refractivity contribution in [3.63, 3.8) is 0 Å². The van der Waals surface area contributed by atoms with Gasteiger partial charge in [-0.15, -0.1) is 11.3 Å². The molecule has 5 rings (SSSR count). The lowest BCUT2D eigenvalue weighted by molar-refractivity contribution is -0.0190. The average Bonchev–Trinajstić information content (AvgIpc) is 3.42. The topological polar surface area (TPSA) is 34.1 Å². The van der Waals surface area contributed by atoms with Crippen molar-refractivity contribution >= 4 is 17.0 Å². The molecule has 5 heteroatoms. The summed E-state index contributed by atoms with van der Waals surface area (Å²) in [4.78, 5) is 1.23. The van der Waals surface area contributed by atoms with Crippen LogP contribution in [-0.4, -0.2) is 17.3 Å². The molecule has 0 bridgehead atoms. The van der Waals surface area contributed by atoms with Crippen molar-refractivity contribution in [3.8, 4) is 11.5 Å². The van der Waals surface area contributed by atoms with Crippen LogP contribution >= 0.6 is 11.3 Å². The highest BCUT2D eigenvalue weighted by atomic mass is 32.1. The van der Waals surface area contributed by atoms with Crippen LogP contribution in [0.1, 0.15) is 48.0 Å². The first-order valence-corrected chi connectivity index (χ1v) is 10.6. The molecule has 0 radical (unpaired) electrons. The fourth-order valence-electron chi connectivity index (χ4n) is 3.79. The van der Waals surface area contributed by atoms with Gasteiger partial charge in [-0.25, -0.2) is 5.01 Å². The minimum absolute atomic E-state index is 0.197. The second-order valence-electron chi connectivity index (χ2n) is 7.05. The number of rotatable bonds is 5. The summed E-state index contributed by atoms with van der Waals surface area (Å²) in [7, 11) is 0. The van der Waals surface area contributed by atoms with Crippen molar-refractivity contribution in [2.75, 3.05) is 6.61 Å². The summed E-state index contributed by atoms with van der Waals surface area (Å²) >= 11 is 1.74. The Bertz CT molecular complexity index is 982. The van der Waals surface area contributed by atoms with Crippen molar-refractivity contribution in [1.82, 2.24) is 5.01 Å². The summed E-state index contributed by atoms with van der Waals surface area (Å²) in [5.74, 6) is 1.84. The van der Waals surface area contributed by atoms with E-state index in [0.29, 0.717) is 0 Å². The maximum Gasteiger partial charge on any atom is 0.213 e. The zero-order chi connectivity index (χ0) is 18.9. The predicted octanol–water partition coefficient (Wildman–Crippen LogP) is 5.78. The molecule has 28 heavy (non-hydrogen) atoms. The van der Waals surface area contributed by atoms with Crippen LogP contribution < -0.4 is 9.47 Å². The van der Waals surface area contributed by atoms with Gasteiger partial charge in [0.15, 0.2) is 0 Å². The van der Waals surface area contributed by atoms with Gasteiger partial charge >= 0.3 is 0 Å². The Morgan fingerprint density at radius 2 is 1.96 bits per heavy atom. The van der Waals surface area contributed by atoms with Gasteiger partial charge in [0.2, 0.25) is 6.23 Å². The second-order valence-corrected chi connectivity index (χ2v) is 8.00. The molecular weight excluding hydrogens is 368 g/mol. The number of thiophene rings is 1. The maximum absolute atomic E-state index is 6.40. The summed E-state index contributed by atoms with van der Waals surface area (Å²) in [6.45, 7) is 2.84. The van der Waals surface area contributed by atoms with Crippen molar-refractivity contribution < 1.29 is 9.47 Å².